The molecule has 2 rings (SSSR count). The predicted octanol–water partition coefficient (Wildman–Crippen LogP) is 1.90. The molecular formula is C15H20O6. The van der Waals surface area contributed by atoms with E-state index >= 15 is 0 Å². The molecule has 0 saturated carbocycles. The zero-order valence-corrected chi connectivity index (χ0v) is 12.0. The first-order valence-electron chi connectivity index (χ1n) is 7.55. The fourth-order valence-electron chi connectivity index (χ4n) is 2.80. The van der Waals surface area contributed by atoms with Gasteiger partial charge in [-0.1, -0.05) is 32.1 Å². The molecule has 0 bridgehead atoms. The van der Waals surface area contributed by atoms with Crippen molar-refractivity contribution in [1.82, 2.24) is 0 Å². The van der Waals surface area contributed by atoms with Crippen molar-refractivity contribution in [3.05, 3.63) is 0 Å². The third kappa shape index (κ3) is 4.65. The molecule has 21 heavy (non-hydrogen) atoms. The van der Waals surface area contributed by atoms with Crippen LogP contribution < -0.4 is 0 Å². The zero-order chi connectivity index (χ0) is 15.2. The number of hydrogen-bond donors (Lipinski definition) is 0. The van der Waals surface area contributed by atoms with E-state index in [2.05, 4.69) is 9.47 Å². The average Bonchev–Trinajstić information content (AvgIpc) is 2.90. The van der Waals surface area contributed by atoms with Gasteiger partial charge >= 0.3 is 23.9 Å². The van der Waals surface area contributed by atoms with Crippen LogP contribution in [-0.2, 0) is 28.7 Å². The second kappa shape index (κ2) is 7.33. The number of ether oxygens (including phenoxy) is 2. The summed E-state index contributed by atoms with van der Waals surface area (Å²) < 4.78 is 8.99. The SMILES string of the molecule is O=C1CC(CCCCCCCC2CC(=O)OC2=O)C(=O)O1. The third-order valence-electron chi connectivity index (χ3n) is 4.03. The zero-order valence-electron chi connectivity index (χ0n) is 12.0. The summed E-state index contributed by atoms with van der Waals surface area (Å²) in [5.74, 6) is -2.10. The van der Waals surface area contributed by atoms with Crippen molar-refractivity contribution in [1.29, 1.82) is 0 Å². The van der Waals surface area contributed by atoms with E-state index < -0.39 is 11.9 Å². The van der Waals surface area contributed by atoms with Gasteiger partial charge in [0.1, 0.15) is 0 Å². The molecule has 0 aromatic carbocycles. The molecule has 116 valence electrons. The summed E-state index contributed by atoms with van der Waals surface area (Å²) in [6, 6.07) is 0. The molecule has 6 heteroatoms. The van der Waals surface area contributed by atoms with Crippen LogP contribution in [0.3, 0.4) is 0 Å². The topological polar surface area (TPSA) is 86.7 Å². The number of hydrogen-bond acceptors (Lipinski definition) is 6. The number of carbonyl (C=O) groups is 4. The summed E-state index contributed by atoms with van der Waals surface area (Å²) in [6.07, 6.45) is 6.65. The molecular weight excluding hydrogens is 276 g/mol. The fourth-order valence-corrected chi connectivity index (χ4v) is 2.80. The minimum Gasteiger partial charge on any atom is -0.393 e. The largest absolute Gasteiger partial charge is 0.393 e. The van der Waals surface area contributed by atoms with Gasteiger partial charge in [0.15, 0.2) is 0 Å². The molecule has 0 amide bonds. The number of unbranched alkanes of at least 4 members (excludes halogenated alkanes) is 4. The Balaban J connectivity index is 1.47. The van der Waals surface area contributed by atoms with E-state index in [1.807, 2.05) is 0 Å². The van der Waals surface area contributed by atoms with Crippen LogP contribution in [0.15, 0.2) is 0 Å². The molecule has 0 aromatic rings. The lowest BCUT2D eigenvalue weighted by Gasteiger charge is -2.06. The van der Waals surface area contributed by atoms with Gasteiger partial charge in [-0.15, -0.1) is 0 Å². The van der Waals surface area contributed by atoms with E-state index in [-0.39, 0.29) is 36.6 Å². The second-order valence-corrected chi connectivity index (χ2v) is 5.73. The lowest BCUT2D eigenvalue weighted by atomic mass is 9.97. The Morgan fingerprint density at radius 2 is 1.05 bits per heavy atom. The lowest BCUT2D eigenvalue weighted by Crippen LogP contribution is -2.07. The first-order chi connectivity index (χ1) is 10.1. The average molecular weight is 296 g/mol. The Bertz CT molecular complexity index is 401. The van der Waals surface area contributed by atoms with Crippen LogP contribution >= 0.6 is 0 Å². The van der Waals surface area contributed by atoms with Gasteiger partial charge in [0.05, 0.1) is 24.7 Å². The standard InChI is InChI=1S/C15H20O6/c16-12-8-10(14(18)20-12)6-4-2-1-3-5-7-11-9-13(17)21-15(11)19/h10-11H,1-9H2. The Labute approximate surface area is 123 Å². The normalized spacial score (nSPS) is 25.3. The smallest absolute Gasteiger partial charge is 0.317 e. The molecule has 2 heterocycles. The van der Waals surface area contributed by atoms with Crippen LogP contribution in [0.25, 0.3) is 0 Å². The second-order valence-electron chi connectivity index (χ2n) is 5.73. The summed E-state index contributed by atoms with van der Waals surface area (Å²) in [4.78, 5) is 44.3. The van der Waals surface area contributed by atoms with Crippen molar-refractivity contribution in [2.24, 2.45) is 11.8 Å². The molecule has 6 nitrogen and oxygen atoms in total. The van der Waals surface area contributed by atoms with Gasteiger partial charge in [-0.05, 0) is 12.8 Å². The molecule has 0 aromatic heterocycles. The van der Waals surface area contributed by atoms with Crippen molar-refractivity contribution < 1.29 is 28.7 Å². The van der Waals surface area contributed by atoms with Crippen LogP contribution in [0, 0.1) is 11.8 Å². The molecule has 2 aliphatic rings. The Morgan fingerprint density at radius 1 is 0.667 bits per heavy atom. The molecule has 2 aliphatic heterocycles. The van der Waals surface area contributed by atoms with E-state index in [0.29, 0.717) is 12.8 Å². The van der Waals surface area contributed by atoms with Gasteiger partial charge in [-0.25, -0.2) is 0 Å². The molecule has 2 atom stereocenters. The highest BCUT2D eigenvalue weighted by molar-refractivity contribution is 5.95. The summed E-state index contributed by atoms with van der Waals surface area (Å²) in [5.41, 5.74) is 0. The van der Waals surface area contributed by atoms with Crippen LogP contribution in [-0.4, -0.2) is 23.9 Å². The van der Waals surface area contributed by atoms with Crippen molar-refractivity contribution in [2.75, 3.05) is 0 Å². The third-order valence-corrected chi connectivity index (χ3v) is 4.03. The quantitative estimate of drug-likeness (QED) is 0.386. The molecule has 2 saturated heterocycles. The highest BCUT2D eigenvalue weighted by Crippen LogP contribution is 2.24. The Kier molecular flexibility index (Phi) is 5.47. The lowest BCUT2D eigenvalue weighted by molar-refractivity contribution is -0.154. The van der Waals surface area contributed by atoms with Crippen molar-refractivity contribution in [3.63, 3.8) is 0 Å². The highest BCUT2D eigenvalue weighted by atomic mass is 16.6. The molecule has 2 unspecified atom stereocenters. The van der Waals surface area contributed by atoms with Gasteiger partial charge in [0, 0.05) is 0 Å². The predicted molar refractivity (Wildman–Crippen MR) is 70.7 cm³/mol. The number of cyclic esters (lactones) is 4. The van der Waals surface area contributed by atoms with Crippen molar-refractivity contribution in [3.8, 4) is 0 Å². The van der Waals surface area contributed by atoms with Crippen LogP contribution in [0.1, 0.15) is 57.8 Å². The molecule has 0 radical (unpaired) electrons. The Hall–Kier alpha value is -1.72. The van der Waals surface area contributed by atoms with Gasteiger partial charge in [0.2, 0.25) is 0 Å². The Morgan fingerprint density at radius 3 is 1.38 bits per heavy atom. The maximum atomic E-state index is 11.2. The van der Waals surface area contributed by atoms with Crippen molar-refractivity contribution >= 4 is 23.9 Å². The summed E-state index contributed by atoms with van der Waals surface area (Å²) in [7, 11) is 0. The minimum absolute atomic E-state index is 0.219. The fraction of sp³-hybridized carbons (Fsp3) is 0.733. The number of rotatable bonds is 8. The molecule has 2 fully saturated rings. The van der Waals surface area contributed by atoms with Crippen LogP contribution in [0.5, 0.6) is 0 Å². The molecule has 0 N–H and O–H groups in total. The molecule has 0 aliphatic carbocycles. The van der Waals surface area contributed by atoms with E-state index in [1.54, 1.807) is 0 Å². The number of carbonyl (C=O) groups excluding carboxylic acids is 4. The summed E-state index contributed by atoms with van der Waals surface area (Å²) >= 11 is 0. The number of esters is 4. The van der Waals surface area contributed by atoms with Crippen LogP contribution in [0.2, 0.25) is 0 Å². The van der Waals surface area contributed by atoms with Gasteiger partial charge in [-0.2, -0.15) is 0 Å². The van der Waals surface area contributed by atoms with Crippen LogP contribution in [0.4, 0.5) is 0 Å². The summed E-state index contributed by atoms with van der Waals surface area (Å²) in [5, 5.41) is 0. The van der Waals surface area contributed by atoms with E-state index in [1.165, 1.54) is 0 Å². The van der Waals surface area contributed by atoms with E-state index in [9.17, 15) is 19.2 Å². The summed E-state index contributed by atoms with van der Waals surface area (Å²) in [6.45, 7) is 0. The first kappa shape index (κ1) is 15.7. The maximum absolute atomic E-state index is 11.2. The van der Waals surface area contributed by atoms with E-state index in [0.717, 1.165) is 32.1 Å². The van der Waals surface area contributed by atoms with Gasteiger partial charge in [-0.3, -0.25) is 19.2 Å². The van der Waals surface area contributed by atoms with Gasteiger partial charge in [0.25, 0.3) is 0 Å². The highest BCUT2D eigenvalue weighted by Gasteiger charge is 2.33. The molecule has 0 spiro atoms. The maximum Gasteiger partial charge on any atom is 0.317 e. The first-order valence-corrected chi connectivity index (χ1v) is 7.55. The monoisotopic (exact) mass is 296 g/mol. The van der Waals surface area contributed by atoms with Crippen molar-refractivity contribution in [2.45, 2.75) is 57.8 Å². The van der Waals surface area contributed by atoms with Gasteiger partial charge < -0.3 is 9.47 Å². The van der Waals surface area contributed by atoms with E-state index in [4.69, 9.17) is 0 Å². The minimum atomic E-state index is -0.414.